The quantitative estimate of drug-likeness (QED) is 0.181. The number of anilines is 6. The maximum absolute atomic E-state index is 16.4. The van der Waals surface area contributed by atoms with Gasteiger partial charge in [-0.15, -0.1) is 0 Å². The number of hydrogen-bond acceptors (Lipinski definition) is 4. The van der Waals surface area contributed by atoms with E-state index < -0.39 is 0 Å². The Balaban J connectivity index is 1.49. The zero-order valence-corrected chi connectivity index (χ0v) is 29.0. The molecule has 0 unspecified atom stereocenters. The summed E-state index contributed by atoms with van der Waals surface area (Å²) in [5.41, 5.74) is 9.76. The van der Waals surface area contributed by atoms with Crippen molar-refractivity contribution in [1.29, 1.82) is 0 Å². The second-order valence-electron chi connectivity index (χ2n) is 12.4. The van der Waals surface area contributed by atoms with Gasteiger partial charge in [-0.1, -0.05) is 108 Å². The summed E-state index contributed by atoms with van der Waals surface area (Å²) in [5.74, 6) is -0.678. The molecule has 2 aliphatic heterocycles. The van der Waals surface area contributed by atoms with Crippen LogP contribution in [0.2, 0.25) is 0 Å². The van der Waals surface area contributed by atoms with Gasteiger partial charge in [0.1, 0.15) is 11.6 Å². The van der Waals surface area contributed by atoms with Gasteiger partial charge in [-0.2, -0.15) is 0 Å². The van der Waals surface area contributed by atoms with Crippen molar-refractivity contribution in [3.63, 3.8) is 0 Å². The smallest absolute Gasteiger partial charge is 0.131 e. The lowest BCUT2D eigenvalue weighted by atomic mass is 9.85. The Kier molecular flexibility index (Phi) is 7.52. The monoisotopic (exact) mass is 688 g/mol. The Bertz CT molecular complexity index is 2310. The molecule has 6 heteroatoms. The van der Waals surface area contributed by atoms with Crippen LogP contribution in [0.1, 0.15) is 11.1 Å². The van der Waals surface area contributed by atoms with E-state index in [0.717, 1.165) is 64.8 Å². The molecule has 9 rings (SSSR count). The zero-order valence-electron chi connectivity index (χ0n) is 27.3. The maximum Gasteiger partial charge on any atom is 0.131 e. The van der Waals surface area contributed by atoms with Crippen LogP contribution in [-0.4, -0.2) is 0 Å². The van der Waals surface area contributed by atoms with Gasteiger partial charge in [-0.05, 0) is 85.6 Å². The van der Waals surface area contributed by atoms with E-state index >= 15 is 8.78 Å². The highest BCUT2D eigenvalue weighted by Gasteiger charge is 2.36. The Morgan fingerprint density at radius 2 is 0.680 bits per heavy atom. The van der Waals surface area contributed by atoms with Gasteiger partial charge in [-0.25, -0.2) is 8.78 Å². The van der Waals surface area contributed by atoms with E-state index in [1.165, 1.54) is 12.1 Å². The minimum atomic E-state index is -0.339. The van der Waals surface area contributed by atoms with Gasteiger partial charge in [0.05, 0.1) is 34.1 Å². The van der Waals surface area contributed by atoms with Crippen molar-refractivity contribution in [3.05, 3.63) is 168 Å². The number of nitrogens with zero attached hydrogens (tertiary/aromatic N) is 2. The van der Waals surface area contributed by atoms with Gasteiger partial charge < -0.3 is 9.80 Å². The number of halogens is 2. The molecule has 0 saturated heterocycles. The summed E-state index contributed by atoms with van der Waals surface area (Å²) in [6.45, 7) is 4.17. The van der Waals surface area contributed by atoms with Crippen molar-refractivity contribution in [2.24, 2.45) is 0 Å². The Hall–Kier alpha value is -5.30. The summed E-state index contributed by atoms with van der Waals surface area (Å²) >= 11 is 3.45. The summed E-state index contributed by atoms with van der Waals surface area (Å²) in [6, 6.07) is 47.2. The fraction of sp³-hybridized carbons (Fsp3) is 0.0455. The second kappa shape index (κ2) is 12.2. The third kappa shape index (κ3) is 4.77. The van der Waals surface area contributed by atoms with E-state index in [9.17, 15) is 0 Å². The molecule has 0 spiro atoms. The molecule has 7 aromatic carbocycles. The highest BCUT2D eigenvalue weighted by atomic mass is 32.2. The second-order valence-corrected chi connectivity index (χ2v) is 14.6. The number of rotatable bonds is 4. The van der Waals surface area contributed by atoms with Crippen LogP contribution in [0.3, 0.4) is 0 Å². The third-order valence-electron chi connectivity index (χ3n) is 9.53. The summed E-state index contributed by atoms with van der Waals surface area (Å²) < 4.78 is 32.9. The number of benzene rings is 7. The van der Waals surface area contributed by atoms with Gasteiger partial charge in [0, 0.05) is 41.8 Å². The van der Waals surface area contributed by atoms with Crippen LogP contribution >= 0.6 is 23.5 Å². The third-order valence-corrected chi connectivity index (χ3v) is 11.8. The van der Waals surface area contributed by atoms with Crippen LogP contribution in [-0.2, 0) is 0 Å². The summed E-state index contributed by atoms with van der Waals surface area (Å²) in [7, 11) is 0. The lowest BCUT2D eigenvalue weighted by Gasteiger charge is -2.40. The van der Waals surface area contributed by atoms with E-state index in [-0.39, 0.29) is 11.6 Å². The summed E-state index contributed by atoms with van der Waals surface area (Å²) in [6.07, 6.45) is 0. The van der Waals surface area contributed by atoms with Crippen molar-refractivity contribution in [2.45, 2.75) is 33.4 Å². The molecule has 0 atom stereocenters. The van der Waals surface area contributed by atoms with Crippen molar-refractivity contribution < 1.29 is 8.78 Å². The van der Waals surface area contributed by atoms with Crippen LogP contribution in [0, 0.1) is 25.5 Å². The molecular formula is C44H30F2N2S2. The first-order valence-electron chi connectivity index (χ1n) is 16.5. The summed E-state index contributed by atoms with van der Waals surface area (Å²) in [4.78, 5) is 8.89. The number of fused-ring (bicyclic) bond motifs is 4. The molecule has 0 N–H and O–H groups in total. The highest BCUT2D eigenvalue weighted by Crippen LogP contribution is 2.60. The van der Waals surface area contributed by atoms with E-state index in [0.29, 0.717) is 22.3 Å². The molecule has 0 aromatic heterocycles. The zero-order chi connectivity index (χ0) is 33.9. The Labute approximate surface area is 299 Å². The molecule has 2 aliphatic rings. The Morgan fingerprint density at radius 1 is 0.380 bits per heavy atom. The van der Waals surface area contributed by atoms with E-state index in [1.807, 2.05) is 60.7 Å². The summed E-state index contributed by atoms with van der Waals surface area (Å²) in [5, 5.41) is 0. The van der Waals surface area contributed by atoms with Crippen molar-refractivity contribution in [2.75, 3.05) is 9.80 Å². The lowest BCUT2D eigenvalue weighted by molar-refractivity contribution is 0.631. The van der Waals surface area contributed by atoms with Crippen LogP contribution < -0.4 is 9.80 Å². The van der Waals surface area contributed by atoms with Gasteiger partial charge in [-0.3, -0.25) is 0 Å². The molecule has 242 valence electrons. The molecule has 0 amide bonds. The molecule has 0 bridgehead atoms. The van der Waals surface area contributed by atoms with Crippen molar-refractivity contribution in [3.8, 4) is 22.3 Å². The van der Waals surface area contributed by atoms with Crippen LogP contribution in [0.5, 0.6) is 0 Å². The first-order chi connectivity index (χ1) is 24.5. The molecule has 50 heavy (non-hydrogen) atoms. The van der Waals surface area contributed by atoms with E-state index in [2.05, 4.69) is 84.3 Å². The molecule has 0 fully saturated rings. The predicted octanol–water partition coefficient (Wildman–Crippen LogP) is 13.8. The first kappa shape index (κ1) is 30.7. The average Bonchev–Trinajstić information content (AvgIpc) is 3.14. The van der Waals surface area contributed by atoms with Gasteiger partial charge >= 0.3 is 0 Å². The largest absolute Gasteiger partial charge is 0.308 e. The fourth-order valence-electron chi connectivity index (χ4n) is 7.44. The van der Waals surface area contributed by atoms with E-state index in [1.54, 1.807) is 35.7 Å². The number of hydrogen-bond donors (Lipinski definition) is 0. The average molecular weight is 689 g/mol. The molecule has 0 aliphatic carbocycles. The molecule has 7 aromatic rings. The lowest BCUT2D eigenvalue weighted by Crippen LogP contribution is -2.21. The fourth-order valence-corrected chi connectivity index (χ4v) is 9.55. The van der Waals surface area contributed by atoms with Gasteiger partial charge in [0.2, 0.25) is 0 Å². The molecule has 2 heterocycles. The molecular weight excluding hydrogens is 659 g/mol. The first-order valence-corrected chi connectivity index (χ1v) is 18.1. The minimum Gasteiger partial charge on any atom is -0.308 e. The van der Waals surface area contributed by atoms with Gasteiger partial charge in [0.25, 0.3) is 0 Å². The molecule has 2 nitrogen and oxygen atoms in total. The van der Waals surface area contributed by atoms with Crippen LogP contribution in [0.4, 0.5) is 42.9 Å². The van der Waals surface area contributed by atoms with Gasteiger partial charge in [0.15, 0.2) is 0 Å². The minimum absolute atomic E-state index is 0.339. The number of para-hydroxylation sites is 4. The standard InChI is InChI=1S/C44H30F2N2S2/c1-27-41(29-15-3-5-17-31(29)45)44(48-35-21-9-13-25-39(35)50-40-26-14-10-22-36(40)48)42(30-16-4-6-18-32(30)46)28(2)43(27)47-33-19-7-11-23-37(33)49-38-24-12-8-20-34(38)47/h3-26H,1-2H3. The predicted molar refractivity (Wildman–Crippen MR) is 204 cm³/mol. The maximum atomic E-state index is 16.4. The SMILES string of the molecule is Cc1c(-c2ccccc2F)c(N2c3ccccc3Sc3ccccc32)c(-c2ccccc2F)c(C)c1N1c2ccccc2Sc2ccccc21. The topological polar surface area (TPSA) is 6.48 Å². The van der Waals surface area contributed by atoms with Crippen molar-refractivity contribution >= 4 is 57.6 Å². The highest BCUT2D eigenvalue weighted by molar-refractivity contribution is 8.00. The van der Waals surface area contributed by atoms with Crippen LogP contribution in [0.15, 0.2) is 165 Å². The van der Waals surface area contributed by atoms with E-state index in [4.69, 9.17) is 0 Å². The molecule has 0 radical (unpaired) electrons. The van der Waals surface area contributed by atoms with Crippen LogP contribution in [0.25, 0.3) is 22.3 Å². The molecule has 0 saturated carbocycles. The normalized spacial score (nSPS) is 13.0. The Morgan fingerprint density at radius 3 is 1.04 bits per heavy atom. The van der Waals surface area contributed by atoms with Crippen molar-refractivity contribution in [1.82, 2.24) is 0 Å².